The van der Waals surface area contributed by atoms with Gasteiger partial charge in [-0.3, -0.25) is 0 Å². The largest absolute Gasteiger partial charge is 0.378 e. The van der Waals surface area contributed by atoms with Gasteiger partial charge in [0, 0.05) is 5.75 Å². The molecule has 0 unspecified atom stereocenters. The molecule has 0 radical (unpaired) electrons. The lowest BCUT2D eigenvalue weighted by Crippen LogP contribution is -2.06. The van der Waals surface area contributed by atoms with Crippen LogP contribution in [0.5, 0.6) is 0 Å². The Bertz CT molecular complexity index is 535. The van der Waals surface area contributed by atoms with E-state index in [0.717, 1.165) is 11.4 Å². The van der Waals surface area contributed by atoms with E-state index in [-0.39, 0.29) is 0 Å². The standard InChI is InChI=1S/C15H16N2S/c1-12-7-5-6-8-13(12)11-18-15(16)17-14-9-3-2-4-10-14/h2-10H,11H2,1H3,(H2,16,17). The number of hydrogen-bond acceptors (Lipinski definition) is 2. The fourth-order valence-corrected chi connectivity index (χ4v) is 2.38. The lowest BCUT2D eigenvalue weighted by atomic mass is 10.1. The van der Waals surface area contributed by atoms with Gasteiger partial charge in [-0.1, -0.05) is 54.2 Å². The van der Waals surface area contributed by atoms with Crippen molar-refractivity contribution in [1.29, 1.82) is 0 Å². The Kier molecular flexibility index (Phi) is 4.42. The van der Waals surface area contributed by atoms with Gasteiger partial charge in [-0.25, -0.2) is 4.99 Å². The van der Waals surface area contributed by atoms with Crippen molar-refractivity contribution >= 4 is 22.6 Å². The van der Waals surface area contributed by atoms with Gasteiger partial charge in [-0.15, -0.1) is 0 Å². The molecule has 2 rings (SSSR count). The molecule has 0 fully saturated rings. The van der Waals surface area contributed by atoms with Gasteiger partial charge in [-0.05, 0) is 30.2 Å². The molecule has 0 aromatic heterocycles. The van der Waals surface area contributed by atoms with Gasteiger partial charge < -0.3 is 5.73 Å². The first-order chi connectivity index (χ1) is 8.75. The summed E-state index contributed by atoms with van der Waals surface area (Å²) < 4.78 is 0. The zero-order valence-electron chi connectivity index (χ0n) is 10.3. The fraction of sp³-hybridized carbons (Fsp3) is 0.133. The van der Waals surface area contributed by atoms with Crippen LogP contribution in [0.15, 0.2) is 59.6 Å². The maximum atomic E-state index is 5.92. The highest BCUT2D eigenvalue weighted by Crippen LogP contribution is 2.18. The van der Waals surface area contributed by atoms with Gasteiger partial charge in [0.25, 0.3) is 0 Å². The highest BCUT2D eigenvalue weighted by molar-refractivity contribution is 8.13. The Morgan fingerprint density at radius 3 is 2.44 bits per heavy atom. The number of hydrogen-bond donors (Lipinski definition) is 1. The van der Waals surface area contributed by atoms with Gasteiger partial charge in [0.1, 0.15) is 0 Å². The molecule has 3 heteroatoms. The number of amidine groups is 1. The Morgan fingerprint density at radius 1 is 1.06 bits per heavy atom. The first-order valence-corrected chi connectivity index (χ1v) is 6.81. The van der Waals surface area contributed by atoms with Crippen molar-refractivity contribution < 1.29 is 0 Å². The molecular formula is C15H16N2S. The third-order valence-electron chi connectivity index (χ3n) is 2.63. The smallest absolute Gasteiger partial charge is 0.159 e. The van der Waals surface area contributed by atoms with E-state index in [1.807, 2.05) is 42.5 Å². The number of nitrogens with zero attached hydrogens (tertiary/aromatic N) is 1. The highest BCUT2D eigenvalue weighted by atomic mass is 32.2. The molecule has 0 aliphatic rings. The second-order valence-electron chi connectivity index (χ2n) is 4.00. The molecule has 18 heavy (non-hydrogen) atoms. The lowest BCUT2D eigenvalue weighted by molar-refractivity contribution is 1.31. The monoisotopic (exact) mass is 256 g/mol. The molecule has 0 saturated carbocycles. The normalized spacial score (nSPS) is 11.5. The molecule has 0 amide bonds. The van der Waals surface area contributed by atoms with Crippen LogP contribution in [0.25, 0.3) is 0 Å². The number of aliphatic imine (C=N–C) groups is 1. The molecule has 2 N–H and O–H groups in total. The first-order valence-electron chi connectivity index (χ1n) is 5.82. The summed E-state index contributed by atoms with van der Waals surface area (Å²) in [5, 5.41) is 0.601. The van der Waals surface area contributed by atoms with Gasteiger partial charge in [0.2, 0.25) is 0 Å². The summed E-state index contributed by atoms with van der Waals surface area (Å²) in [5.74, 6) is 0.856. The Balaban J connectivity index is 1.99. The molecule has 2 nitrogen and oxygen atoms in total. The summed E-state index contributed by atoms with van der Waals surface area (Å²) in [7, 11) is 0. The van der Waals surface area contributed by atoms with Gasteiger partial charge in [0.05, 0.1) is 5.69 Å². The van der Waals surface area contributed by atoms with E-state index in [0.29, 0.717) is 5.17 Å². The van der Waals surface area contributed by atoms with E-state index < -0.39 is 0 Å². The van der Waals surface area contributed by atoms with Crippen molar-refractivity contribution in [2.45, 2.75) is 12.7 Å². The average molecular weight is 256 g/mol. The molecular weight excluding hydrogens is 240 g/mol. The molecule has 0 spiro atoms. The minimum atomic E-state index is 0.601. The van der Waals surface area contributed by atoms with Gasteiger partial charge >= 0.3 is 0 Å². The summed E-state index contributed by atoms with van der Waals surface area (Å²) in [6.45, 7) is 2.11. The first kappa shape index (κ1) is 12.7. The van der Waals surface area contributed by atoms with Crippen molar-refractivity contribution in [3.63, 3.8) is 0 Å². The lowest BCUT2D eigenvalue weighted by Gasteiger charge is -2.04. The topological polar surface area (TPSA) is 38.4 Å². The molecule has 2 aromatic carbocycles. The van der Waals surface area contributed by atoms with Gasteiger partial charge in [0.15, 0.2) is 5.17 Å². The summed E-state index contributed by atoms with van der Waals surface area (Å²) in [6, 6.07) is 18.1. The van der Waals surface area contributed by atoms with E-state index >= 15 is 0 Å². The van der Waals surface area contributed by atoms with Crippen molar-refractivity contribution in [2.75, 3.05) is 0 Å². The van der Waals surface area contributed by atoms with Crippen LogP contribution < -0.4 is 5.73 Å². The van der Waals surface area contributed by atoms with Crippen LogP contribution in [0, 0.1) is 6.92 Å². The predicted octanol–water partition coefficient (Wildman–Crippen LogP) is 3.87. The van der Waals surface area contributed by atoms with E-state index in [9.17, 15) is 0 Å². The van der Waals surface area contributed by atoms with Crippen LogP contribution >= 0.6 is 11.8 Å². The van der Waals surface area contributed by atoms with E-state index in [1.54, 1.807) is 11.8 Å². The van der Waals surface area contributed by atoms with Crippen LogP contribution in [0.3, 0.4) is 0 Å². The predicted molar refractivity (Wildman–Crippen MR) is 80.2 cm³/mol. The second kappa shape index (κ2) is 6.26. The van der Waals surface area contributed by atoms with Crippen LogP contribution in [0.1, 0.15) is 11.1 Å². The Morgan fingerprint density at radius 2 is 1.72 bits per heavy atom. The molecule has 0 aliphatic carbocycles. The highest BCUT2D eigenvalue weighted by Gasteiger charge is 2.00. The second-order valence-corrected chi connectivity index (χ2v) is 5.00. The van der Waals surface area contributed by atoms with Crippen molar-refractivity contribution in [3.05, 3.63) is 65.7 Å². The quantitative estimate of drug-likeness (QED) is 0.668. The maximum Gasteiger partial charge on any atom is 0.159 e. The zero-order chi connectivity index (χ0) is 12.8. The third kappa shape index (κ3) is 3.64. The number of para-hydroxylation sites is 1. The van der Waals surface area contributed by atoms with Crippen LogP contribution in [0.2, 0.25) is 0 Å². The SMILES string of the molecule is Cc1ccccc1CSC(N)=Nc1ccccc1. The maximum absolute atomic E-state index is 5.92. The number of nitrogens with two attached hydrogens (primary N) is 1. The van der Waals surface area contributed by atoms with Crippen molar-refractivity contribution in [2.24, 2.45) is 10.7 Å². The summed E-state index contributed by atoms with van der Waals surface area (Å²) in [5.41, 5.74) is 9.40. The summed E-state index contributed by atoms with van der Waals surface area (Å²) in [6.07, 6.45) is 0. The minimum absolute atomic E-state index is 0.601. The van der Waals surface area contributed by atoms with Crippen molar-refractivity contribution in [1.82, 2.24) is 0 Å². The van der Waals surface area contributed by atoms with Crippen LogP contribution in [-0.2, 0) is 5.75 Å². The average Bonchev–Trinajstić information content (AvgIpc) is 2.39. The van der Waals surface area contributed by atoms with Gasteiger partial charge in [-0.2, -0.15) is 0 Å². The molecule has 0 atom stereocenters. The number of benzene rings is 2. The fourth-order valence-electron chi connectivity index (χ4n) is 1.59. The number of rotatable bonds is 3. The number of aryl methyl sites for hydroxylation is 1. The van der Waals surface area contributed by atoms with E-state index in [2.05, 4.69) is 24.0 Å². The molecule has 0 bridgehead atoms. The Hall–Kier alpha value is -1.74. The zero-order valence-corrected chi connectivity index (χ0v) is 11.2. The third-order valence-corrected chi connectivity index (χ3v) is 3.47. The Labute approximate surface area is 112 Å². The molecule has 0 aliphatic heterocycles. The summed E-state index contributed by atoms with van der Waals surface area (Å²) in [4.78, 5) is 4.36. The van der Waals surface area contributed by atoms with E-state index in [4.69, 9.17) is 5.73 Å². The molecule has 2 aromatic rings. The molecule has 0 heterocycles. The van der Waals surface area contributed by atoms with Crippen molar-refractivity contribution in [3.8, 4) is 0 Å². The molecule has 0 saturated heterocycles. The van der Waals surface area contributed by atoms with E-state index in [1.165, 1.54) is 11.1 Å². The molecule has 92 valence electrons. The number of thioether (sulfide) groups is 1. The van der Waals surface area contributed by atoms with Crippen LogP contribution in [-0.4, -0.2) is 5.17 Å². The minimum Gasteiger partial charge on any atom is -0.378 e. The van der Waals surface area contributed by atoms with Crippen LogP contribution in [0.4, 0.5) is 5.69 Å². The summed E-state index contributed by atoms with van der Waals surface area (Å²) >= 11 is 1.57.